The van der Waals surface area contributed by atoms with Crippen molar-refractivity contribution in [3.8, 4) is 0 Å². The quantitative estimate of drug-likeness (QED) is 0.766. The van der Waals surface area contributed by atoms with Gasteiger partial charge in [0.15, 0.2) is 0 Å². The zero-order valence-corrected chi connectivity index (χ0v) is 11.0. The van der Waals surface area contributed by atoms with E-state index in [4.69, 9.17) is 0 Å². The highest BCUT2D eigenvalue weighted by atomic mass is 16.2. The van der Waals surface area contributed by atoms with Crippen LogP contribution >= 0.6 is 0 Å². The largest absolute Gasteiger partial charge is 0.353 e. The Balaban J connectivity index is 1.87. The van der Waals surface area contributed by atoms with Crippen molar-refractivity contribution in [2.24, 2.45) is 23.2 Å². The molecular formula is C14H25NO. The van der Waals surface area contributed by atoms with Gasteiger partial charge in [-0.05, 0) is 42.9 Å². The van der Waals surface area contributed by atoms with Crippen LogP contribution < -0.4 is 5.32 Å². The Kier molecular flexibility index (Phi) is 3.02. The van der Waals surface area contributed by atoms with Gasteiger partial charge in [-0.15, -0.1) is 0 Å². The molecule has 0 saturated heterocycles. The summed E-state index contributed by atoms with van der Waals surface area (Å²) in [5.74, 6) is 1.99. The highest BCUT2D eigenvalue weighted by Crippen LogP contribution is 2.40. The van der Waals surface area contributed by atoms with Gasteiger partial charge >= 0.3 is 0 Å². The summed E-state index contributed by atoms with van der Waals surface area (Å²) >= 11 is 0. The van der Waals surface area contributed by atoms with E-state index in [9.17, 15) is 4.79 Å². The zero-order chi connectivity index (χ0) is 11.9. The van der Waals surface area contributed by atoms with Crippen LogP contribution in [0.2, 0.25) is 0 Å². The summed E-state index contributed by atoms with van der Waals surface area (Å²) < 4.78 is 0. The fraction of sp³-hybridized carbons (Fsp3) is 0.929. The van der Waals surface area contributed by atoms with Gasteiger partial charge in [-0.2, -0.15) is 0 Å². The molecule has 0 spiro atoms. The second-order valence-electron chi connectivity index (χ2n) is 6.94. The molecule has 1 N–H and O–H groups in total. The van der Waals surface area contributed by atoms with Crippen molar-refractivity contribution in [2.75, 3.05) is 0 Å². The molecule has 1 amide bonds. The molecule has 16 heavy (non-hydrogen) atoms. The van der Waals surface area contributed by atoms with Crippen LogP contribution in [0.3, 0.4) is 0 Å². The molecule has 0 aromatic heterocycles. The van der Waals surface area contributed by atoms with Crippen molar-refractivity contribution in [3.05, 3.63) is 0 Å². The number of hydrogen-bond acceptors (Lipinski definition) is 1. The summed E-state index contributed by atoms with van der Waals surface area (Å²) in [6, 6.07) is 0.416. The van der Waals surface area contributed by atoms with Gasteiger partial charge < -0.3 is 5.32 Å². The number of hydrogen-bond donors (Lipinski definition) is 1. The molecule has 2 saturated carbocycles. The fourth-order valence-corrected chi connectivity index (χ4v) is 3.45. The van der Waals surface area contributed by atoms with Crippen LogP contribution in [-0.4, -0.2) is 11.9 Å². The van der Waals surface area contributed by atoms with Gasteiger partial charge in [0, 0.05) is 12.0 Å². The van der Waals surface area contributed by atoms with Crippen molar-refractivity contribution in [3.63, 3.8) is 0 Å². The third-order valence-corrected chi connectivity index (χ3v) is 4.18. The predicted octanol–water partition coefficient (Wildman–Crippen LogP) is 2.97. The van der Waals surface area contributed by atoms with E-state index in [0.29, 0.717) is 29.2 Å². The summed E-state index contributed by atoms with van der Waals surface area (Å²) in [5.41, 5.74) is 0.394. The van der Waals surface area contributed by atoms with E-state index >= 15 is 0 Å². The second kappa shape index (κ2) is 4.05. The van der Waals surface area contributed by atoms with Crippen LogP contribution in [0.5, 0.6) is 0 Å². The first-order valence-electron chi connectivity index (χ1n) is 6.68. The van der Waals surface area contributed by atoms with Gasteiger partial charge in [-0.3, -0.25) is 4.79 Å². The Morgan fingerprint density at radius 3 is 2.31 bits per heavy atom. The lowest BCUT2D eigenvalue weighted by Crippen LogP contribution is -2.43. The lowest BCUT2D eigenvalue weighted by molar-refractivity contribution is -0.123. The van der Waals surface area contributed by atoms with Crippen LogP contribution in [-0.2, 0) is 4.79 Å². The minimum atomic E-state index is 0.308. The average molecular weight is 223 g/mol. The summed E-state index contributed by atoms with van der Waals surface area (Å²) in [5, 5.41) is 3.26. The monoisotopic (exact) mass is 223 g/mol. The number of carbonyl (C=O) groups excluding carboxylic acids is 1. The molecule has 0 bridgehead atoms. The number of amides is 1. The molecular weight excluding hydrogens is 198 g/mol. The van der Waals surface area contributed by atoms with Crippen molar-refractivity contribution in [1.82, 2.24) is 5.32 Å². The van der Waals surface area contributed by atoms with E-state index in [0.717, 1.165) is 25.2 Å². The maximum Gasteiger partial charge on any atom is 0.223 e. The van der Waals surface area contributed by atoms with Gasteiger partial charge in [-0.1, -0.05) is 27.7 Å². The topological polar surface area (TPSA) is 29.1 Å². The SMILES string of the molecule is CC1CC(NC(=O)C2CC2C)CC(C)(C)C1. The molecule has 92 valence electrons. The van der Waals surface area contributed by atoms with Crippen molar-refractivity contribution in [2.45, 2.75) is 59.4 Å². The second-order valence-corrected chi connectivity index (χ2v) is 6.94. The maximum absolute atomic E-state index is 11.9. The van der Waals surface area contributed by atoms with E-state index in [-0.39, 0.29) is 0 Å². The number of rotatable bonds is 2. The van der Waals surface area contributed by atoms with E-state index in [1.807, 2.05) is 0 Å². The molecule has 0 radical (unpaired) electrons. The minimum absolute atomic E-state index is 0.308. The Bertz CT molecular complexity index is 284. The molecule has 0 aromatic carbocycles. The first kappa shape index (κ1) is 11.9. The van der Waals surface area contributed by atoms with E-state index < -0.39 is 0 Å². The first-order valence-corrected chi connectivity index (χ1v) is 6.68. The van der Waals surface area contributed by atoms with E-state index in [1.54, 1.807) is 0 Å². The predicted molar refractivity (Wildman–Crippen MR) is 66.0 cm³/mol. The van der Waals surface area contributed by atoms with Crippen LogP contribution in [0.1, 0.15) is 53.4 Å². The molecule has 2 heteroatoms. The standard InChI is InChI=1S/C14H25NO/c1-9-5-11(8-14(3,4)7-9)15-13(16)12-6-10(12)2/h9-12H,5-8H2,1-4H3,(H,15,16). The summed E-state index contributed by atoms with van der Waals surface area (Å²) in [6.07, 6.45) is 4.69. The average Bonchev–Trinajstić information content (AvgIpc) is 2.78. The van der Waals surface area contributed by atoms with Gasteiger partial charge in [-0.25, -0.2) is 0 Å². The molecule has 0 aromatic rings. The smallest absolute Gasteiger partial charge is 0.223 e. The molecule has 2 aliphatic carbocycles. The Hall–Kier alpha value is -0.530. The van der Waals surface area contributed by atoms with Crippen molar-refractivity contribution in [1.29, 1.82) is 0 Å². The third-order valence-electron chi connectivity index (χ3n) is 4.18. The van der Waals surface area contributed by atoms with Crippen LogP contribution in [0, 0.1) is 23.2 Å². The molecule has 4 unspecified atom stereocenters. The Morgan fingerprint density at radius 2 is 1.81 bits per heavy atom. The molecule has 2 fully saturated rings. The van der Waals surface area contributed by atoms with Crippen LogP contribution in [0.15, 0.2) is 0 Å². The van der Waals surface area contributed by atoms with Crippen molar-refractivity contribution >= 4 is 5.91 Å². The zero-order valence-electron chi connectivity index (χ0n) is 11.0. The van der Waals surface area contributed by atoms with Gasteiger partial charge in [0.25, 0.3) is 0 Å². The van der Waals surface area contributed by atoms with E-state index in [1.165, 1.54) is 6.42 Å². The summed E-state index contributed by atoms with van der Waals surface area (Å²) in [6.45, 7) is 9.11. The first-order chi connectivity index (χ1) is 7.37. The Morgan fingerprint density at radius 1 is 1.19 bits per heavy atom. The molecule has 2 nitrogen and oxygen atoms in total. The molecule has 2 rings (SSSR count). The molecule has 4 atom stereocenters. The maximum atomic E-state index is 11.9. The molecule has 0 heterocycles. The van der Waals surface area contributed by atoms with Crippen LogP contribution in [0.4, 0.5) is 0 Å². The Labute approximate surface area is 99.2 Å². The highest BCUT2D eigenvalue weighted by molar-refractivity contribution is 5.81. The normalized spacial score (nSPS) is 41.5. The third kappa shape index (κ3) is 2.78. The number of carbonyl (C=O) groups is 1. The fourth-order valence-electron chi connectivity index (χ4n) is 3.45. The molecule has 0 aliphatic heterocycles. The van der Waals surface area contributed by atoms with Crippen LogP contribution in [0.25, 0.3) is 0 Å². The minimum Gasteiger partial charge on any atom is -0.353 e. The van der Waals surface area contributed by atoms with Gasteiger partial charge in [0.05, 0.1) is 0 Å². The summed E-state index contributed by atoms with van der Waals surface area (Å²) in [7, 11) is 0. The van der Waals surface area contributed by atoms with Crippen molar-refractivity contribution < 1.29 is 4.79 Å². The molecule has 2 aliphatic rings. The van der Waals surface area contributed by atoms with Gasteiger partial charge in [0.2, 0.25) is 5.91 Å². The lowest BCUT2D eigenvalue weighted by atomic mass is 9.70. The lowest BCUT2D eigenvalue weighted by Gasteiger charge is -2.39. The number of nitrogens with one attached hydrogen (secondary N) is 1. The highest BCUT2D eigenvalue weighted by Gasteiger charge is 2.41. The van der Waals surface area contributed by atoms with Gasteiger partial charge in [0.1, 0.15) is 0 Å². The summed E-state index contributed by atoms with van der Waals surface area (Å²) in [4.78, 5) is 11.9. The van der Waals surface area contributed by atoms with E-state index in [2.05, 4.69) is 33.0 Å².